The highest BCUT2D eigenvalue weighted by atomic mass is 16.7. The Morgan fingerprint density at radius 1 is 1.42 bits per heavy atom. The average Bonchev–Trinajstić information content (AvgIpc) is 2.61. The number of nitrogens with zero attached hydrogens (tertiary/aromatic N) is 2. The smallest absolute Gasteiger partial charge is 0.261 e. The number of guanidine groups is 1. The van der Waals surface area contributed by atoms with Crippen molar-refractivity contribution in [2.75, 3.05) is 20.4 Å². The van der Waals surface area contributed by atoms with E-state index in [-0.39, 0.29) is 18.7 Å². The fraction of sp³-hybridized carbons (Fsp3) is 0.538. The Labute approximate surface area is 112 Å². The van der Waals surface area contributed by atoms with Crippen molar-refractivity contribution >= 4 is 11.9 Å². The zero-order chi connectivity index (χ0) is 14.0. The Balaban J connectivity index is 2.35. The van der Waals surface area contributed by atoms with Gasteiger partial charge < -0.3 is 15.2 Å². The van der Waals surface area contributed by atoms with Crippen molar-refractivity contribution in [2.45, 2.75) is 24.8 Å². The van der Waals surface area contributed by atoms with Crippen LogP contribution in [0, 0.1) is 0 Å². The molecule has 2 N–H and O–H groups in total. The van der Waals surface area contributed by atoms with Crippen molar-refractivity contribution in [3.8, 4) is 0 Å². The number of amides is 1. The second-order valence-electron chi connectivity index (χ2n) is 4.72. The van der Waals surface area contributed by atoms with Crippen LogP contribution in [0.5, 0.6) is 0 Å². The summed E-state index contributed by atoms with van der Waals surface area (Å²) in [6, 6.07) is 0. The fourth-order valence-corrected chi connectivity index (χ4v) is 2.28. The van der Waals surface area contributed by atoms with Crippen LogP contribution in [0.4, 0.5) is 0 Å². The number of hydrogen-bond donors (Lipinski definition) is 1. The van der Waals surface area contributed by atoms with E-state index in [1.165, 1.54) is 4.90 Å². The molecule has 0 bridgehead atoms. The van der Waals surface area contributed by atoms with Crippen LogP contribution >= 0.6 is 0 Å². The summed E-state index contributed by atoms with van der Waals surface area (Å²) in [5.74, 6) is 0.343. The van der Waals surface area contributed by atoms with Gasteiger partial charge in [-0.25, -0.2) is 4.99 Å². The minimum atomic E-state index is -1.06. The Hall–Kier alpha value is -1.82. The van der Waals surface area contributed by atoms with Crippen molar-refractivity contribution in [3.63, 3.8) is 0 Å². The molecule has 2 aliphatic heterocycles. The lowest BCUT2D eigenvalue weighted by molar-refractivity contribution is -0.129. The maximum atomic E-state index is 12.5. The molecule has 2 aliphatic rings. The molecule has 0 aromatic carbocycles. The van der Waals surface area contributed by atoms with E-state index in [2.05, 4.69) is 18.2 Å². The van der Waals surface area contributed by atoms with Gasteiger partial charge in [0, 0.05) is 12.6 Å². The van der Waals surface area contributed by atoms with Gasteiger partial charge in [0.15, 0.2) is 18.3 Å². The van der Waals surface area contributed by atoms with Crippen LogP contribution in [-0.4, -0.2) is 42.8 Å². The molecule has 0 aliphatic carbocycles. The van der Waals surface area contributed by atoms with Crippen molar-refractivity contribution in [2.24, 2.45) is 10.7 Å². The average molecular weight is 265 g/mol. The molecule has 1 atom stereocenters. The van der Waals surface area contributed by atoms with Gasteiger partial charge in [-0.05, 0) is 19.3 Å². The summed E-state index contributed by atoms with van der Waals surface area (Å²) < 4.78 is 10.6. The second-order valence-corrected chi connectivity index (χ2v) is 4.72. The summed E-state index contributed by atoms with van der Waals surface area (Å²) in [5.41, 5.74) is 5.15. The maximum absolute atomic E-state index is 12.5. The number of likely N-dealkylation sites (N-methyl/N-ethyl adjacent to an activating group) is 1. The van der Waals surface area contributed by atoms with Gasteiger partial charge in [-0.3, -0.25) is 9.69 Å². The lowest BCUT2D eigenvalue weighted by atomic mass is 9.84. The summed E-state index contributed by atoms with van der Waals surface area (Å²) in [6.45, 7) is 8.41. The first-order valence-electron chi connectivity index (χ1n) is 6.22. The van der Waals surface area contributed by atoms with Crippen molar-refractivity contribution in [1.82, 2.24) is 4.90 Å². The van der Waals surface area contributed by atoms with E-state index in [1.807, 2.05) is 0 Å². The zero-order valence-electron chi connectivity index (χ0n) is 11.1. The van der Waals surface area contributed by atoms with Gasteiger partial charge in [0.1, 0.15) is 5.76 Å². The quantitative estimate of drug-likeness (QED) is 0.701. The predicted octanol–water partition coefficient (Wildman–Crippen LogP) is 0.756. The molecule has 6 heteroatoms. The topological polar surface area (TPSA) is 77.2 Å². The molecule has 1 unspecified atom stereocenters. The molecular weight excluding hydrogens is 246 g/mol. The SMILES string of the molecule is C=C1OCOCCCCC2(N=C(N)N(C)C2=O)C1=C. The van der Waals surface area contributed by atoms with Gasteiger partial charge in [0.2, 0.25) is 0 Å². The van der Waals surface area contributed by atoms with Crippen LogP contribution in [-0.2, 0) is 14.3 Å². The Morgan fingerprint density at radius 2 is 2.16 bits per heavy atom. The number of aliphatic imine (C=N–C) groups is 1. The van der Waals surface area contributed by atoms with Gasteiger partial charge in [0.05, 0.1) is 6.61 Å². The monoisotopic (exact) mass is 265 g/mol. The number of carbonyl (C=O) groups is 1. The Kier molecular flexibility index (Phi) is 3.61. The molecule has 1 spiro atoms. The van der Waals surface area contributed by atoms with Crippen molar-refractivity contribution in [3.05, 3.63) is 24.5 Å². The van der Waals surface area contributed by atoms with E-state index in [1.54, 1.807) is 7.05 Å². The van der Waals surface area contributed by atoms with Crippen molar-refractivity contribution in [1.29, 1.82) is 0 Å². The third kappa shape index (κ3) is 2.23. The first kappa shape index (κ1) is 13.6. The minimum Gasteiger partial charge on any atom is -0.468 e. The third-order valence-corrected chi connectivity index (χ3v) is 3.54. The lowest BCUT2D eigenvalue weighted by Crippen LogP contribution is -2.43. The molecule has 0 radical (unpaired) electrons. The number of ether oxygens (including phenoxy) is 2. The van der Waals surface area contributed by atoms with Crippen LogP contribution in [0.2, 0.25) is 0 Å². The molecule has 0 aromatic rings. The number of rotatable bonds is 0. The summed E-state index contributed by atoms with van der Waals surface area (Å²) in [5, 5.41) is 0. The molecule has 0 saturated carbocycles. The highest BCUT2D eigenvalue weighted by molar-refractivity contribution is 6.08. The first-order chi connectivity index (χ1) is 8.99. The number of carbonyl (C=O) groups excluding carboxylic acids is 1. The van der Waals surface area contributed by atoms with E-state index >= 15 is 0 Å². The normalized spacial score (nSPS) is 29.4. The lowest BCUT2D eigenvalue weighted by Gasteiger charge is -2.29. The molecule has 0 aromatic heterocycles. The Morgan fingerprint density at radius 3 is 2.79 bits per heavy atom. The van der Waals surface area contributed by atoms with Gasteiger partial charge in [-0.15, -0.1) is 0 Å². The summed E-state index contributed by atoms with van der Waals surface area (Å²) >= 11 is 0. The molecule has 6 nitrogen and oxygen atoms in total. The predicted molar refractivity (Wildman–Crippen MR) is 71.2 cm³/mol. The standard InChI is InChI=1S/C13H19N3O3/c1-9-10(2)19-8-18-7-5-4-6-13(9)11(17)16(3)12(14)15-13/h1-2,4-8H2,3H3,(H2,14,15). The molecule has 2 heterocycles. The maximum Gasteiger partial charge on any atom is 0.261 e. The van der Waals surface area contributed by atoms with Crippen LogP contribution in [0.3, 0.4) is 0 Å². The molecule has 1 fully saturated rings. The van der Waals surface area contributed by atoms with E-state index in [9.17, 15) is 4.79 Å². The second kappa shape index (κ2) is 5.05. The van der Waals surface area contributed by atoms with Crippen molar-refractivity contribution < 1.29 is 14.3 Å². The van der Waals surface area contributed by atoms with Crippen LogP contribution in [0.1, 0.15) is 19.3 Å². The van der Waals surface area contributed by atoms with Crippen LogP contribution in [0.15, 0.2) is 29.5 Å². The third-order valence-electron chi connectivity index (χ3n) is 3.54. The summed E-state index contributed by atoms with van der Waals surface area (Å²) in [6.07, 6.45) is 2.15. The first-order valence-corrected chi connectivity index (χ1v) is 6.22. The summed E-state index contributed by atoms with van der Waals surface area (Å²) in [7, 11) is 1.61. The van der Waals surface area contributed by atoms with E-state index in [0.717, 1.165) is 12.8 Å². The Bertz CT molecular complexity index is 458. The van der Waals surface area contributed by atoms with Gasteiger partial charge in [-0.1, -0.05) is 13.2 Å². The molecule has 1 amide bonds. The highest BCUT2D eigenvalue weighted by Gasteiger charge is 2.49. The van der Waals surface area contributed by atoms with E-state index in [0.29, 0.717) is 24.4 Å². The highest BCUT2D eigenvalue weighted by Crippen LogP contribution is 2.37. The molecule has 104 valence electrons. The van der Waals surface area contributed by atoms with E-state index in [4.69, 9.17) is 15.2 Å². The van der Waals surface area contributed by atoms with Crippen LogP contribution in [0.25, 0.3) is 0 Å². The molecule has 1 saturated heterocycles. The fourth-order valence-electron chi connectivity index (χ4n) is 2.28. The van der Waals surface area contributed by atoms with Gasteiger partial charge >= 0.3 is 0 Å². The van der Waals surface area contributed by atoms with Gasteiger partial charge in [0.25, 0.3) is 5.91 Å². The largest absolute Gasteiger partial charge is 0.468 e. The van der Waals surface area contributed by atoms with E-state index < -0.39 is 5.54 Å². The molecule has 2 rings (SSSR count). The van der Waals surface area contributed by atoms with Crippen LogP contribution < -0.4 is 5.73 Å². The molecular formula is C13H19N3O3. The summed E-state index contributed by atoms with van der Waals surface area (Å²) in [4.78, 5) is 18.1. The number of hydrogen-bond acceptors (Lipinski definition) is 5. The zero-order valence-corrected chi connectivity index (χ0v) is 11.1. The van der Waals surface area contributed by atoms with Gasteiger partial charge in [-0.2, -0.15) is 0 Å². The number of nitrogens with two attached hydrogens (primary N) is 1. The molecule has 19 heavy (non-hydrogen) atoms. The minimum absolute atomic E-state index is 0.108.